The van der Waals surface area contributed by atoms with Gasteiger partial charge in [-0.3, -0.25) is 0 Å². The van der Waals surface area contributed by atoms with E-state index in [4.69, 9.17) is 11.6 Å². The van der Waals surface area contributed by atoms with Gasteiger partial charge in [0.15, 0.2) is 0 Å². The van der Waals surface area contributed by atoms with E-state index < -0.39 is 0 Å². The van der Waals surface area contributed by atoms with Crippen LogP contribution in [-0.2, 0) is 19.3 Å². The zero-order valence-electron chi connectivity index (χ0n) is 11.2. The Morgan fingerprint density at radius 3 is 2.76 bits per heavy atom. The van der Waals surface area contributed by atoms with Crippen LogP contribution in [0.4, 0.5) is 4.39 Å². The normalized spacial score (nSPS) is 13.8. The molecule has 5 heteroatoms. The molecule has 3 aromatic rings. The first kappa shape index (κ1) is 13.2. The molecular weight excluding hydrogens is 307 g/mol. The molecule has 1 aliphatic carbocycles. The van der Waals surface area contributed by atoms with Crippen molar-refractivity contribution in [3.63, 3.8) is 0 Å². The number of nitrogens with zero attached hydrogens (tertiary/aromatic N) is 2. The van der Waals surface area contributed by atoms with Gasteiger partial charge in [0.1, 0.15) is 21.6 Å². The predicted octanol–water partition coefficient (Wildman–Crippen LogP) is 4.56. The van der Waals surface area contributed by atoms with Gasteiger partial charge in [-0.1, -0.05) is 23.7 Å². The van der Waals surface area contributed by atoms with Crippen molar-refractivity contribution < 1.29 is 4.39 Å². The molecule has 0 spiro atoms. The fourth-order valence-corrected chi connectivity index (χ4v) is 4.49. The number of benzene rings is 1. The number of hydrogen-bond acceptors (Lipinski definition) is 3. The molecule has 0 aliphatic heterocycles. The SMILES string of the molecule is Fc1ccc(Cc2nc(Cl)c3c4c(sc3n2)CCC4)cc1. The van der Waals surface area contributed by atoms with Gasteiger partial charge in [-0.25, -0.2) is 14.4 Å². The molecule has 0 saturated heterocycles. The molecule has 0 saturated carbocycles. The van der Waals surface area contributed by atoms with Crippen molar-refractivity contribution in [3.8, 4) is 0 Å². The molecular formula is C16H12ClFN2S. The minimum absolute atomic E-state index is 0.233. The first-order valence-corrected chi connectivity index (χ1v) is 8.11. The second-order valence-electron chi connectivity index (χ2n) is 5.27. The number of thiophene rings is 1. The van der Waals surface area contributed by atoms with Crippen molar-refractivity contribution in [2.45, 2.75) is 25.7 Å². The minimum Gasteiger partial charge on any atom is -0.222 e. The molecule has 2 aromatic heterocycles. The number of halogens is 2. The summed E-state index contributed by atoms with van der Waals surface area (Å²) in [4.78, 5) is 11.5. The predicted molar refractivity (Wildman–Crippen MR) is 83.7 cm³/mol. The van der Waals surface area contributed by atoms with Crippen LogP contribution in [-0.4, -0.2) is 9.97 Å². The lowest BCUT2D eigenvalue weighted by Crippen LogP contribution is -1.97. The van der Waals surface area contributed by atoms with E-state index in [1.165, 1.54) is 29.0 Å². The lowest BCUT2D eigenvalue weighted by atomic mass is 10.1. The topological polar surface area (TPSA) is 25.8 Å². The molecule has 0 atom stereocenters. The Morgan fingerprint density at radius 1 is 1.14 bits per heavy atom. The van der Waals surface area contributed by atoms with E-state index in [9.17, 15) is 4.39 Å². The van der Waals surface area contributed by atoms with E-state index in [1.54, 1.807) is 23.5 Å². The Hall–Kier alpha value is -1.52. The van der Waals surface area contributed by atoms with Gasteiger partial charge < -0.3 is 0 Å². The molecule has 0 fully saturated rings. The Kier molecular flexibility index (Phi) is 3.16. The quantitative estimate of drug-likeness (QED) is 0.647. The van der Waals surface area contributed by atoms with Crippen LogP contribution in [0.5, 0.6) is 0 Å². The average Bonchev–Trinajstić information content (AvgIpc) is 3.01. The maximum absolute atomic E-state index is 12.9. The summed E-state index contributed by atoms with van der Waals surface area (Å²) in [7, 11) is 0. The third-order valence-corrected chi connectivity index (χ3v) is 5.30. The maximum atomic E-state index is 12.9. The molecule has 0 bridgehead atoms. The van der Waals surface area contributed by atoms with Crippen molar-refractivity contribution >= 4 is 33.2 Å². The monoisotopic (exact) mass is 318 g/mol. The highest BCUT2D eigenvalue weighted by molar-refractivity contribution is 7.19. The average molecular weight is 319 g/mol. The molecule has 1 aromatic carbocycles. The summed E-state index contributed by atoms with van der Waals surface area (Å²) in [6.45, 7) is 0. The van der Waals surface area contributed by atoms with Crippen LogP contribution in [0.25, 0.3) is 10.2 Å². The van der Waals surface area contributed by atoms with Crippen molar-refractivity contribution in [2.75, 3.05) is 0 Å². The fourth-order valence-electron chi connectivity index (χ4n) is 2.86. The van der Waals surface area contributed by atoms with Gasteiger partial charge in [-0.05, 0) is 42.5 Å². The number of rotatable bonds is 2. The Labute approximate surface area is 130 Å². The summed E-state index contributed by atoms with van der Waals surface area (Å²) < 4.78 is 12.9. The second kappa shape index (κ2) is 5.04. The Balaban J connectivity index is 1.75. The third-order valence-electron chi connectivity index (χ3n) is 3.84. The third kappa shape index (κ3) is 2.32. The first-order valence-electron chi connectivity index (χ1n) is 6.92. The highest BCUT2D eigenvalue weighted by Gasteiger charge is 2.21. The van der Waals surface area contributed by atoms with E-state index in [2.05, 4.69) is 9.97 Å². The summed E-state index contributed by atoms with van der Waals surface area (Å²) in [5.74, 6) is 0.460. The highest BCUT2D eigenvalue weighted by Crippen LogP contribution is 2.39. The molecule has 2 nitrogen and oxygen atoms in total. The molecule has 0 radical (unpaired) electrons. The Morgan fingerprint density at radius 2 is 1.95 bits per heavy atom. The zero-order chi connectivity index (χ0) is 14.4. The van der Waals surface area contributed by atoms with E-state index in [0.717, 1.165) is 28.6 Å². The van der Waals surface area contributed by atoms with Gasteiger partial charge in [0.25, 0.3) is 0 Å². The second-order valence-corrected chi connectivity index (χ2v) is 6.71. The minimum atomic E-state index is -0.233. The summed E-state index contributed by atoms with van der Waals surface area (Å²) in [5, 5.41) is 1.59. The maximum Gasteiger partial charge on any atom is 0.141 e. The van der Waals surface area contributed by atoms with Gasteiger partial charge in [0.2, 0.25) is 0 Å². The van der Waals surface area contributed by atoms with Gasteiger partial charge >= 0.3 is 0 Å². The van der Waals surface area contributed by atoms with Crippen molar-refractivity contribution in [2.24, 2.45) is 0 Å². The molecule has 1 aliphatic rings. The van der Waals surface area contributed by atoms with Gasteiger partial charge in [0, 0.05) is 11.3 Å². The molecule has 0 amide bonds. The zero-order valence-corrected chi connectivity index (χ0v) is 12.8. The van der Waals surface area contributed by atoms with Crippen LogP contribution in [0.2, 0.25) is 5.15 Å². The molecule has 0 N–H and O–H groups in total. The number of hydrogen-bond donors (Lipinski definition) is 0. The number of aryl methyl sites for hydroxylation is 2. The van der Waals surface area contributed by atoms with Crippen molar-refractivity contribution in [3.05, 3.63) is 57.1 Å². The van der Waals surface area contributed by atoms with Crippen LogP contribution in [0.1, 0.15) is 28.2 Å². The van der Waals surface area contributed by atoms with Crippen LogP contribution >= 0.6 is 22.9 Å². The van der Waals surface area contributed by atoms with Crippen LogP contribution < -0.4 is 0 Å². The molecule has 106 valence electrons. The first-order chi connectivity index (χ1) is 10.2. The Bertz CT molecular complexity index is 826. The van der Waals surface area contributed by atoms with Crippen LogP contribution in [0.15, 0.2) is 24.3 Å². The van der Waals surface area contributed by atoms with Crippen molar-refractivity contribution in [1.82, 2.24) is 9.97 Å². The lowest BCUT2D eigenvalue weighted by Gasteiger charge is -2.03. The van der Waals surface area contributed by atoms with Gasteiger partial charge in [-0.15, -0.1) is 11.3 Å². The van der Waals surface area contributed by atoms with Crippen LogP contribution in [0, 0.1) is 5.82 Å². The summed E-state index contributed by atoms with van der Waals surface area (Å²) in [5.41, 5.74) is 2.32. The lowest BCUT2D eigenvalue weighted by molar-refractivity contribution is 0.627. The highest BCUT2D eigenvalue weighted by atomic mass is 35.5. The van der Waals surface area contributed by atoms with Crippen molar-refractivity contribution in [1.29, 1.82) is 0 Å². The van der Waals surface area contributed by atoms with E-state index in [-0.39, 0.29) is 5.82 Å². The fraction of sp³-hybridized carbons (Fsp3) is 0.250. The molecule has 21 heavy (non-hydrogen) atoms. The molecule has 4 rings (SSSR count). The van der Waals surface area contributed by atoms with Gasteiger partial charge in [-0.2, -0.15) is 0 Å². The molecule has 2 heterocycles. The van der Waals surface area contributed by atoms with Crippen LogP contribution in [0.3, 0.4) is 0 Å². The summed E-state index contributed by atoms with van der Waals surface area (Å²) in [6, 6.07) is 6.42. The van der Waals surface area contributed by atoms with Gasteiger partial charge in [0.05, 0.1) is 5.39 Å². The summed E-state index contributed by atoms with van der Waals surface area (Å²) >= 11 is 8.11. The van der Waals surface area contributed by atoms with E-state index >= 15 is 0 Å². The summed E-state index contributed by atoms with van der Waals surface area (Å²) in [6.07, 6.45) is 3.97. The number of fused-ring (bicyclic) bond motifs is 3. The standard InChI is InChI=1S/C16H12ClFN2S/c17-15-14-11-2-1-3-12(11)21-16(14)20-13(19-15)8-9-4-6-10(18)7-5-9/h4-7H,1-3,8H2. The van der Waals surface area contributed by atoms with E-state index in [0.29, 0.717) is 17.4 Å². The molecule has 0 unspecified atom stereocenters. The smallest absolute Gasteiger partial charge is 0.141 e. The number of aromatic nitrogens is 2. The van der Waals surface area contributed by atoms with E-state index in [1.807, 2.05) is 0 Å². The largest absolute Gasteiger partial charge is 0.222 e.